The number of hydrogen-bond donors (Lipinski definition) is 1. The minimum atomic E-state index is -0.166. The van der Waals surface area contributed by atoms with Crippen molar-refractivity contribution in [2.75, 3.05) is 0 Å². The van der Waals surface area contributed by atoms with Crippen LogP contribution in [0.15, 0.2) is 24.7 Å². The highest BCUT2D eigenvalue weighted by molar-refractivity contribution is 6.00. The molecule has 0 atom stereocenters. The van der Waals surface area contributed by atoms with Gasteiger partial charge in [0, 0.05) is 30.5 Å². The molecule has 7 heteroatoms. The molecule has 1 N–H and O–H groups in total. The number of carbonyl (C=O) groups is 1. The molecule has 3 rings (SSSR count). The van der Waals surface area contributed by atoms with E-state index in [9.17, 15) is 4.79 Å². The standard InChI is InChI=1S/C16H20N6O/c1-5-21-9-13(11(4)20-21)14-6-7-17-15-12(8-18-22(14)15)16(23)19-10(2)3/h6-10H,5H2,1-4H3,(H,19,23). The van der Waals surface area contributed by atoms with E-state index in [0.29, 0.717) is 11.2 Å². The number of fused-ring (bicyclic) bond motifs is 1. The summed E-state index contributed by atoms with van der Waals surface area (Å²) in [6.45, 7) is 8.65. The van der Waals surface area contributed by atoms with Crippen LogP contribution in [0.2, 0.25) is 0 Å². The second kappa shape index (κ2) is 5.83. The second-order valence-corrected chi connectivity index (χ2v) is 5.74. The van der Waals surface area contributed by atoms with Crippen LogP contribution >= 0.6 is 0 Å². The first-order valence-electron chi connectivity index (χ1n) is 7.69. The molecule has 3 heterocycles. The lowest BCUT2D eigenvalue weighted by Gasteiger charge is -2.07. The third-order valence-corrected chi connectivity index (χ3v) is 3.61. The van der Waals surface area contributed by atoms with Crippen molar-refractivity contribution in [1.82, 2.24) is 29.7 Å². The SMILES string of the molecule is CCn1cc(-c2ccnc3c(C(=O)NC(C)C)cnn23)c(C)n1. The number of amides is 1. The molecule has 120 valence electrons. The van der Waals surface area contributed by atoms with Gasteiger partial charge in [-0.15, -0.1) is 0 Å². The van der Waals surface area contributed by atoms with Crippen LogP contribution in [0.4, 0.5) is 0 Å². The Balaban J connectivity index is 2.11. The zero-order chi connectivity index (χ0) is 16.6. The van der Waals surface area contributed by atoms with Crippen molar-refractivity contribution < 1.29 is 4.79 Å². The predicted molar refractivity (Wildman–Crippen MR) is 87.2 cm³/mol. The molecular weight excluding hydrogens is 292 g/mol. The molecule has 0 aliphatic rings. The zero-order valence-corrected chi connectivity index (χ0v) is 13.7. The summed E-state index contributed by atoms with van der Waals surface area (Å²) in [4.78, 5) is 16.6. The average Bonchev–Trinajstić information content (AvgIpc) is 3.09. The lowest BCUT2D eigenvalue weighted by atomic mass is 10.2. The Labute approximate surface area is 134 Å². The quantitative estimate of drug-likeness (QED) is 0.800. The first-order valence-corrected chi connectivity index (χ1v) is 7.69. The molecule has 0 bridgehead atoms. The number of aromatic nitrogens is 5. The maximum atomic E-state index is 12.3. The number of rotatable bonds is 4. The summed E-state index contributed by atoms with van der Waals surface area (Å²) in [5.74, 6) is -0.166. The first kappa shape index (κ1) is 15.2. The molecule has 23 heavy (non-hydrogen) atoms. The van der Waals surface area contributed by atoms with Gasteiger partial charge in [-0.2, -0.15) is 10.2 Å². The number of nitrogens with one attached hydrogen (secondary N) is 1. The van der Waals surface area contributed by atoms with Crippen LogP contribution in [-0.2, 0) is 6.54 Å². The summed E-state index contributed by atoms with van der Waals surface area (Å²) < 4.78 is 3.58. The molecule has 0 saturated carbocycles. The van der Waals surface area contributed by atoms with Gasteiger partial charge in [-0.05, 0) is 33.8 Å². The maximum absolute atomic E-state index is 12.3. The van der Waals surface area contributed by atoms with E-state index in [1.807, 2.05) is 44.6 Å². The highest BCUT2D eigenvalue weighted by Crippen LogP contribution is 2.23. The largest absolute Gasteiger partial charge is 0.350 e. The molecule has 0 radical (unpaired) electrons. The van der Waals surface area contributed by atoms with Crippen molar-refractivity contribution in [3.63, 3.8) is 0 Å². The molecule has 7 nitrogen and oxygen atoms in total. The lowest BCUT2D eigenvalue weighted by molar-refractivity contribution is 0.0944. The summed E-state index contributed by atoms with van der Waals surface area (Å²) in [5, 5.41) is 11.7. The highest BCUT2D eigenvalue weighted by atomic mass is 16.1. The van der Waals surface area contributed by atoms with Crippen LogP contribution in [0.25, 0.3) is 16.9 Å². The number of aryl methyl sites for hydroxylation is 2. The Bertz CT molecular complexity index is 861. The molecule has 0 saturated heterocycles. The van der Waals surface area contributed by atoms with E-state index in [0.717, 1.165) is 23.5 Å². The molecule has 0 spiro atoms. The van der Waals surface area contributed by atoms with Crippen molar-refractivity contribution in [2.24, 2.45) is 0 Å². The molecule has 3 aromatic rings. The fourth-order valence-corrected chi connectivity index (χ4v) is 2.53. The van der Waals surface area contributed by atoms with E-state index >= 15 is 0 Å². The fraction of sp³-hybridized carbons (Fsp3) is 0.375. The van der Waals surface area contributed by atoms with Crippen molar-refractivity contribution in [1.29, 1.82) is 0 Å². The van der Waals surface area contributed by atoms with E-state index in [1.165, 1.54) is 0 Å². The third kappa shape index (κ3) is 2.69. The van der Waals surface area contributed by atoms with Gasteiger partial charge in [0.1, 0.15) is 5.56 Å². The van der Waals surface area contributed by atoms with E-state index in [4.69, 9.17) is 0 Å². The van der Waals surface area contributed by atoms with Crippen LogP contribution in [-0.4, -0.2) is 36.3 Å². The van der Waals surface area contributed by atoms with Crippen LogP contribution in [0.1, 0.15) is 36.8 Å². The van der Waals surface area contributed by atoms with Gasteiger partial charge < -0.3 is 5.32 Å². The normalized spacial score (nSPS) is 11.3. The van der Waals surface area contributed by atoms with Gasteiger partial charge in [0.15, 0.2) is 5.65 Å². The monoisotopic (exact) mass is 312 g/mol. The molecule has 0 unspecified atom stereocenters. The van der Waals surface area contributed by atoms with Crippen molar-refractivity contribution >= 4 is 11.6 Å². The van der Waals surface area contributed by atoms with Gasteiger partial charge in [-0.1, -0.05) is 0 Å². The van der Waals surface area contributed by atoms with Crippen molar-refractivity contribution in [3.05, 3.63) is 35.9 Å². The van der Waals surface area contributed by atoms with Gasteiger partial charge in [-0.25, -0.2) is 9.50 Å². The summed E-state index contributed by atoms with van der Waals surface area (Å²) in [6, 6.07) is 1.94. The van der Waals surface area contributed by atoms with Crippen molar-refractivity contribution in [2.45, 2.75) is 40.3 Å². The highest BCUT2D eigenvalue weighted by Gasteiger charge is 2.18. The van der Waals surface area contributed by atoms with Gasteiger partial charge >= 0.3 is 0 Å². The van der Waals surface area contributed by atoms with E-state index < -0.39 is 0 Å². The number of nitrogens with zero attached hydrogens (tertiary/aromatic N) is 5. The number of carbonyl (C=O) groups excluding carboxylic acids is 1. The molecular formula is C16H20N6O. The molecule has 0 aliphatic carbocycles. The minimum Gasteiger partial charge on any atom is -0.350 e. The zero-order valence-electron chi connectivity index (χ0n) is 13.7. The summed E-state index contributed by atoms with van der Waals surface area (Å²) >= 11 is 0. The third-order valence-electron chi connectivity index (χ3n) is 3.61. The van der Waals surface area contributed by atoms with E-state index in [1.54, 1.807) is 16.9 Å². The van der Waals surface area contributed by atoms with Gasteiger partial charge in [0.05, 0.1) is 17.6 Å². The Morgan fingerprint density at radius 3 is 2.83 bits per heavy atom. The maximum Gasteiger partial charge on any atom is 0.256 e. The van der Waals surface area contributed by atoms with Gasteiger partial charge in [0.2, 0.25) is 0 Å². The predicted octanol–water partition coefficient (Wildman–Crippen LogP) is 2.06. The summed E-state index contributed by atoms with van der Waals surface area (Å²) in [7, 11) is 0. The number of hydrogen-bond acceptors (Lipinski definition) is 4. The van der Waals surface area contributed by atoms with Gasteiger partial charge in [-0.3, -0.25) is 9.48 Å². The Morgan fingerprint density at radius 1 is 1.39 bits per heavy atom. The summed E-state index contributed by atoms with van der Waals surface area (Å²) in [6.07, 6.45) is 5.24. The average molecular weight is 312 g/mol. The fourth-order valence-electron chi connectivity index (χ4n) is 2.53. The topological polar surface area (TPSA) is 77.1 Å². The Morgan fingerprint density at radius 2 is 2.17 bits per heavy atom. The van der Waals surface area contributed by atoms with E-state index in [-0.39, 0.29) is 11.9 Å². The summed E-state index contributed by atoms with van der Waals surface area (Å²) in [5.41, 5.74) is 3.79. The van der Waals surface area contributed by atoms with Gasteiger partial charge in [0.25, 0.3) is 5.91 Å². The van der Waals surface area contributed by atoms with Crippen molar-refractivity contribution in [3.8, 4) is 11.3 Å². The molecule has 1 amide bonds. The molecule has 0 aromatic carbocycles. The molecule has 0 aliphatic heterocycles. The molecule has 0 fully saturated rings. The minimum absolute atomic E-state index is 0.0608. The van der Waals surface area contributed by atoms with E-state index in [2.05, 4.69) is 20.5 Å². The Hall–Kier alpha value is -2.70. The Kier molecular flexibility index (Phi) is 3.85. The van der Waals surface area contributed by atoms with Crippen LogP contribution in [0, 0.1) is 6.92 Å². The van der Waals surface area contributed by atoms with Crippen LogP contribution in [0.3, 0.4) is 0 Å². The lowest BCUT2D eigenvalue weighted by Crippen LogP contribution is -2.30. The van der Waals surface area contributed by atoms with Crippen LogP contribution < -0.4 is 5.32 Å². The second-order valence-electron chi connectivity index (χ2n) is 5.74. The first-order chi connectivity index (χ1) is 11.0. The smallest absolute Gasteiger partial charge is 0.256 e. The van der Waals surface area contributed by atoms with Crippen LogP contribution in [0.5, 0.6) is 0 Å². The molecule has 3 aromatic heterocycles.